The van der Waals surface area contributed by atoms with Crippen molar-refractivity contribution in [2.75, 3.05) is 7.11 Å². The van der Waals surface area contributed by atoms with Gasteiger partial charge in [-0.2, -0.15) is 0 Å². The molecule has 0 saturated carbocycles. The number of phenolic OH excluding ortho intramolecular Hbond substituents is 1. The van der Waals surface area contributed by atoms with Gasteiger partial charge < -0.3 is 15.6 Å². The van der Waals surface area contributed by atoms with E-state index >= 15 is 0 Å². The van der Waals surface area contributed by atoms with Crippen LogP contribution in [0.5, 0.6) is 5.75 Å². The lowest BCUT2D eigenvalue weighted by Gasteiger charge is -2.12. The number of halogens is 1. The molecule has 1 aromatic carbocycles. The van der Waals surface area contributed by atoms with E-state index in [4.69, 9.17) is 5.73 Å². The van der Waals surface area contributed by atoms with E-state index in [0.717, 1.165) is 0 Å². The Balaban J connectivity index is 0.00000196. The fourth-order valence-corrected chi connectivity index (χ4v) is 1.19. The lowest BCUT2D eigenvalue weighted by molar-refractivity contribution is -0.142. The molecule has 0 bridgehead atoms. The number of ether oxygens (including phenoxy) is 1. The monoisotopic (exact) mass is 231 g/mol. The molecule has 0 amide bonds. The number of esters is 1. The lowest BCUT2D eigenvalue weighted by atomic mass is 10.0. The smallest absolute Gasteiger partial charge is 0.327 e. The fourth-order valence-electron chi connectivity index (χ4n) is 1.19. The molecule has 0 spiro atoms. The van der Waals surface area contributed by atoms with Crippen LogP contribution in [0.4, 0.5) is 0 Å². The SMILES string of the molecule is COC(=O)[C@@H](N)c1cccc(C)c1O.Cl. The molecule has 0 aromatic heterocycles. The first-order valence-electron chi connectivity index (χ1n) is 4.19. The molecule has 1 rings (SSSR count). The summed E-state index contributed by atoms with van der Waals surface area (Å²) in [5, 5.41) is 9.62. The maximum absolute atomic E-state index is 11.1. The Morgan fingerprint density at radius 1 is 1.53 bits per heavy atom. The average Bonchev–Trinajstić information content (AvgIpc) is 2.20. The normalized spacial score (nSPS) is 11.4. The topological polar surface area (TPSA) is 72.5 Å². The number of carbonyl (C=O) groups is 1. The van der Waals surface area contributed by atoms with Gasteiger partial charge in [-0.05, 0) is 12.5 Å². The number of rotatable bonds is 2. The number of aromatic hydroxyl groups is 1. The van der Waals surface area contributed by atoms with Crippen molar-refractivity contribution in [3.05, 3.63) is 29.3 Å². The maximum atomic E-state index is 11.1. The minimum absolute atomic E-state index is 0. The van der Waals surface area contributed by atoms with Gasteiger partial charge >= 0.3 is 5.97 Å². The third kappa shape index (κ3) is 2.84. The van der Waals surface area contributed by atoms with Crippen LogP contribution in [0.15, 0.2) is 18.2 Å². The first kappa shape index (κ1) is 13.7. The minimum Gasteiger partial charge on any atom is -0.507 e. The Labute approximate surface area is 94.5 Å². The molecule has 0 aliphatic rings. The molecule has 3 N–H and O–H groups in total. The van der Waals surface area contributed by atoms with E-state index in [2.05, 4.69) is 4.74 Å². The van der Waals surface area contributed by atoms with Gasteiger partial charge in [-0.1, -0.05) is 18.2 Å². The molecule has 1 aromatic rings. The minimum atomic E-state index is -0.931. The summed E-state index contributed by atoms with van der Waals surface area (Å²) in [5.41, 5.74) is 6.65. The molecule has 0 aliphatic heterocycles. The zero-order valence-corrected chi connectivity index (χ0v) is 9.38. The van der Waals surface area contributed by atoms with Gasteiger partial charge in [-0.25, -0.2) is 0 Å². The number of hydrogen-bond acceptors (Lipinski definition) is 4. The highest BCUT2D eigenvalue weighted by molar-refractivity contribution is 5.85. The summed E-state index contributed by atoms with van der Waals surface area (Å²) in [5.74, 6) is -0.517. The molecular formula is C10H14ClNO3. The molecular weight excluding hydrogens is 218 g/mol. The van der Waals surface area contributed by atoms with E-state index in [1.54, 1.807) is 25.1 Å². The van der Waals surface area contributed by atoms with Crippen molar-refractivity contribution in [2.45, 2.75) is 13.0 Å². The van der Waals surface area contributed by atoms with E-state index < -0.39 is 12.0 Å². The number of benzene rings is 1. The van der Waals surface area contributed by atoms with Crippen LogP contribution in [0.1, 0.15) is 17.2 Å². The first-order chi connectivity index (χ1) is 6.57. The standard InChI is InChI=1S/C10H13NO3.ClH/c1-6-4-3-5-7(9(6)12)8(11)10(13)14-2;/h3-5,8,12H,11H2,1-2H3;1H/t8-;/m0./s1. The van der Waals surface area contributed by atoms with Crippen LogP contribution >= 0.6 is 12.4 Å². The van der Waals surface area contributed by atoms with E-state index in [1.807, 2.05) is 0 Å². The summed E-state index contributed by atoms with van der Waals surface area (Å²) in [6.45, 7) is 1.74. The van der Waals surface area contributed by atoms with Crippen molar-refractivity contribution < 1.29 is 14.6 Å². The van der Waals surface area contributed by atoms with Gasteiger partial charge in [0.2, 0.25) is 0 Å². The van der Waals surface area contributed by atoms with Gasteiger partial charge in [-0.15, -0.1) is 12.4 Å². The van der Waals surface area contributed by atoms with Crippen LogP contribution < -0.4 is 5.73 Å². The Morgan fingerprint density at radius 3 is 2.67 bits per heavy atom. The van der Waals surface area contributed by atoms with Crippen molar-refractivity contribution in [1.29, 1.82) is 0 Å². The zero-order chi connectivity index (χ0) is 10.7. The number of methoxy groups -OCH3 is 1. The first-order valence-corrected chi connectivity index (χ1v) is 4.19. The van der Waals surface area contributed by atoms with Gasteiger partial charge in [0, 0.05) is 5.56 Å². The van der Waals surface area contributed by atoms with Gasteiger partial charge in [-0.3, -0.25) is 4.79 Å². The molecule has 0 heterocycles. The van der Waals surface area contributed by atoms with Crippen molar-refractivity contribution in [2.24, 2.45) is 5.73 Å². The van der Waals surface area contributed by atoms with Crippen LogP contribution in [-0.2, 0) is 9.53 Å². The number of carbonyl (C=O) groups excluding carboxylic acids is 1. The number of aryl methyl sites for hydroxylation is 1. The van der Waals surface area contributed by atoms with Crippen molar-refractivity contribution in [1.82, 2.24) is 0 Å². The molecule has 0 unspecified atom stereocenters. The van der Waals surface area contributed by atoms with Crippen LogP contribution in [0.25, 0.3) is 0 Å². The number of nitrogens with two attached hydrogens (primary N) is 1. The van der Waals surface area contributed by atoms with E-state index in [0.29, 0.717) is 11.1 Å². The maximum Gasteiger partial charge on any atom is 0.327 e. The van der Waals surface area contributed by atoms with Crippen molar-refractivity contribution in [3.63, 3.8) is 0 Å². The van der Waals surface area contributed by atoms with Crippen LogP contribution in [0, 0.1) is 6.92 Å². The Kier molecular flexibility index (Phi) is 5.11. The highest BCUT2D eigenvalue weighted by atomic mass is 35.5. The summed E-state index contributed by atoms with van der Waals surface area (Å²) >= 11 is 0. The Morgan fingerprint density at radius 2 is 2.13 bits per heavy atom. The molecule has 84 valence electrons. The summed E-state index contributed by atoms with van der Waals surface area (Å²) < 4.78 is 4.49. The number of phenols is 1. The largest absolute Gasteiger partial charge is 0.507 e. The lowest BCUT2D eigenvalue weighted by Crippen LogP contribution is -2.22. The highest BCUT2D eigenvalue weighted by Gasteiger charge is 2.19. The van der Waals surface area contributed by atoms with Crippen molar-refractivity contribution in [3.8, 4) is 5.75 Å². The second kappa shape index (κ2) is 5.58. The predicted octanol–water partition coefficient (Wildman–Crippen LogP) is 1.30. The average molecular weight is 232 g/mol. The number of hydrogen-bond donors (Lipinski definition) is 2. The van der Waals surface area contributed by atoms with E-state index in [1.165, 1.54) is 7.11 Å². The van der Waals surface area contributed by atoms with E-state index in [-0.39, 0.29) is 18.2 Å². The van der Waals surface area contributed by atoms with Crippen LogP contribution in [0.2, 0.25) is 0 Å². The highest BCUT2D eigenvalue weighted by Crippen LogP contribution is 2.26. The van der Waals surface area contributed by atoms with Gasteiger partial charge in [0.25, 0.3) is 0 Å². The number of para-hydroxylation sites is 1. The summed E-state index contributed by atoms with van der Waals surface area (Å²) in [6, 6.07) is 4.14. The molecule has 0 fully saturated rings. The second-order valence-corrected chi connectivity index (χ2v) is 3.01. The molecule has 4 nitrogen and oxygen atoms in total. The molecule has 1 atom stereocenters. The van der Waals surface area contributed by atoms with Gasteiger partial charge in [0.05, 0.1) is 7.11 Å². The second-order valence-electron chi connectivity index (χ2n) is 3.01. The quantitative estimate of drug-likeness (QED) is 0.753. The Bertz CT molecular complexity index is 355. The molecule has 0 saturated heterocycles. The van der Waals surface area contributed by atoms with Gasteiger partial charge in [0.1, 0.15) is 11.8 Å². The van der Waals surface area contributed by atoms with Crippen LogP contribution in [-0.4, -0.2) is 18.2 Å². The Hall–Kier alpha value is -1.26. The third-order valence-corrected chi connectivity index (χ3v) is 2.06. The summed E-state index contributed by atoms with van der Waals surface area (Å²) in [6.07, 6.45) is 0. The fraction of sp³-hybridized carbons (Fsp3) is 0.300. The zero-order valence-electron chi connectivity index (χ0n) is 8.56. The molecule has 0 aliphatic carbocycles. The van der Waals surface area contributed by atoms with Crippen molar-refractivity contribution >= 4 is 18.4 Å². The predicted molar refractivity (Wildman–Crippen MR) is 59.0 cm³/mol. The third-order valence-electron chi connectivity index (χ3n) is 2.06. The summed E-state index contributed by atoms with van der Waals surface area (Å²) in [7, 11) is 1.26. The molecule has 0 radical (unpaired) electrons. The molecule has 5 heteroatoms. The van der Waals surface area contributed by atoms with Crippen LogP contribution in [0.3, 0.4) is 0 Å². The van der Waals surface area contributed by atoms with Gasteiger partial charge in [0.15, 0.2) is 0 Å². The van der Waals surface area contributed by atoms with E-state index in [9.17, 15) is 9.90 Å². The summed E-state index contributed by atoms with van der Waals surface area (Å²) in [4.78, 5) is 11.1. The molecule has 15 heavy (non-hydrogen) atoms.